The molecule has 0 radical (unpaired) electrons. The molecule has 2 heterocycles. The number of carbonyl (C=O) groups is 2. The van der Waals surface area contributed by atoms with Crippen molar-refractivity contribution in [3.05, 3.63) is 64.7 Å². The molecule has 2 amide bonds. The topological polar surface area (TPSA) is 77.4 Å². The minimum atomic E-state index is -0.259. The molecular weight excluding hydrogens is 432 g/mol. The second kappa shape index (κ2) is 7.38. The highest BCUT2D eigenvalue weighted by Crippen LogP contribution is 2.52. The number of amides is 2. The fourth-order valence-electron chi connectivity index (χ4n) is 5.03. The summed E-state index contributed by atoms with van der Waals surface area (Å²) in [6.45, 7) is 0.544. The van der Waals surface area contributed by atoms with Crippen LogP contribution >= 0.6 is 11.6 Å². The van der Waals surface area contributed by atoms with Gasteiger partial charge in [0, 0.05) is 0 Å². The molecule has 0 spiro atoms. The van der Waals surface area contributed by atoms with Gasteiger partial charge in [0.2, 0.25) is 6.79 Å². The number of benzene rings is 2. The Morgan fingerprint density at radius 1 is 1.03 bits per heavy atom. The van der Waals surface area contributed by atoms with Crippen molar-refractivity contribution in [3.8, 4) is 17.2 Å². The molecule has 1 saturated carbocycles. The molecule has 0 aromatic heterocycles. The van der Waals surface area contributed by atoms with Crippen molar-refractivity contribution >= 4 is 29.6 Å². The van der Waals surface area contributed by atoms with Gasteiger partial charge in [-0.3, -0.25) is 9.59 Å². The van der Waals surface area contributed by atoms with Gasteiger partial charge >= 0.3 is 0 Å². The minimum absolute atomic E-state index is 0.164. The molecule has 0 N–H and O–H groups in total. The fourth-order valence-corrected chi connectivity index (χ4v) is 5.27. The largest absolute Gasteiger partial charge is 0.487 e. The molecule has 0 unspecified atom stereocenters. The first-order valence-electron chi connectivity index (χ1n) is 10.5. The van der Waals surface area contributed by atoms with E-state index in [1.165, 1.54) is 6.21 Å². The van der Waals surface area contributed by atoms with Crippen molar-refractivity contribution in [2.75, 3.05) is 6.79 Å². The van der Waals surface area contributed by atoms with Crippen LogP contribution in [0.2, 0.25) is 5.02 Å². The SMILES string of the molecule is O=C1[C@@H]2[C@H](C(=O)N1N=Cc1ccc(OCc3ccc4c(c3)OCO4)c(Cl)c1)[C@H]1C=C[C@H]2C1. The van der Waals surface area contributed by atoms with Gasteiger partial charge in [0.05, 0.1) is 23.1 Å². The summed E-state index contributed by atoms with van der Waals surface area (Å²) in [5.41, 5.74) is 1.60. The maximum atomic E-state index is 12.7. The Labute approximate surface area is 189 Å². The average molecular weight is 451 g/mol. The molecule has 6 rings (SSSR count). The van der Waals surface area contributed by atoms with E-state index in [1.54, 1.807) is 18.2 Å². The number of fused-ring (bicyclic) bond motifs is 6. The van der Waals surface area contributed by atoms with Crippen LogP contribution in [0.3, 0.4) is 0 Å². The standard InChI is InChI=1S/C24H19ClN2O5/c25-17-7-13(1-5-18(17)30-11-14-2-6-19-20(8-14)32-12-31-19)10-26-27-23(28)21-15-3-4-16(9-15)22(21)24(27)29/h1-8,10,15-16,21-22H,9,11-12H2/t15-,16-,21-,22+/m0/s1. The van der Waals surface area contributed by atoms with Crippen molar-refractivity contribution in [2.45, 2.75) is 13.0 Å². The summed E-state index contributed by atoms with van der Waals surface area (Å²) < 4.78 is 16.5. The van der Waals surface area contributed by atoms with Gasteiger partial charge in [0.25, 0.3) is 11.8 Å². The monoisotopic (exact) mass is 450 g/mol. The Balaban J connectivity index is 1.13. The Morgan fingerprint density at radius 3 is 2.53 bits per heavy atom. The van der Waals surface area contributed by atoms with E-state index in [9.17, 15) is 9.59 Å². The van der Waals surface area contributed by atoms with Gasteiger partial charge in [0.15, 0.2) is 11.5 Å². The second-order valence-electron chi connectivity index (χ2n) is 8.40. The number of ether oxygens (including phenoxy) is 3. The number of imide groups is 1. The summed E-state index contributed by atoms with van der Waals surface area (Å²) >= 11 is 6.38. The van der Waals surface area contributed by atoms with E-state index in [1.807, 2.05) is 18.2 Å². The van der Waals surface area contributed by atoms with E-state index >= 15 is 0 Å². The highest BCUT2D eigenvalue weighted by Gasteiger charge is 2.59. The van der Waals surface area contributed by atoms with Crippen LogP contribution in [0, 0.1) is 23.7 Å². The molecule has 162 valence electrons. The second-order valence-corrected chi connectivity index (χ2v) is 8.81. The van der Waals surface area contributed by atoms with Crippen molar-refractivity contribution in [2.24, 2.45) is 28.8 Å². The van der Waals surface area contributed by atoms with Gasteiger partial charge in [-0.15, -0.1) is 0 Å². The summed E-state index contributed by atoms with van der Waals surface area (Å²) in [4.78, 5) is 25.4. The fraction of sp³-hybridized carbons (Fsp3) is 0.292. The highest BCUT2D eigenvalue weighted by molar-refractivity contribution is 6.32. The number of nitrogens with zero attached hydrogens (tertiary/aromatic N) is 2. The van der Waals surface area contributed by atoms with Crippen LogP contribution in [0.15, 0.2) is 53.7 Å². The lowest BCUT2D eigenvalue weighted by atomic mass is 9.85. The normalized spacial score (nSPS) is 27.1. The van der Waals surface area contributed by atoms with Crippen LogP contribution in [0.1, 0.15) is 17.5 Å². The summed E-state index contributed by atoms with van der Waals surface area (Å²) in [5.74, 6) is 1.34. The number of allylic oxidation sites excluding steroid dienone is 2. The summed E-state index contributed by atoms with van der Waals surface area (Å²) in [7, 11) is 0. The number of hydrogen-bond donors (Lipinski definition) is 0. The minimum Gasteiger partial charge on any atom is -0.487 e. The van der Waals surface area contributed by atoms with Crippen LogP contribution < -0.4 is 14.2 Å². The third-order valence-corrected chi connectivity index (χ3v) is 6.85. The zero-order valence-corrected chi connectivity index (χ0v) is 17.7. The zero-order valence-electron chi connectivity index (χ0n) is 16.9. The van der Waals surface area contributed by atoms with E-state index in [4.69, 9.17) is 25.8 Å². The maximum absolute atomic E-state index is 12.7. The van der Waals surface area contributed by atoms with Gasteiger partial charge in [-0.05, 0) is 59.7 Å². The van der Waals surface area contributed by atoms with E-state index < -0.39 is 0 Å². The molecule has 8 heteroatoms. The van der Waals surface area contributed by atoms with Gasteiger partial charge in [-0.2, -0.15) is 10.1 Å². The average Bonchev–Trinajstić information content (AvgIpc) is 3.56. The predicted molar refractivity (Wildman–Crippen MR) is 116 cm³/mol. The number of hydrazone groups is 1. The van der Waals surface area contributed by atoms with E-state index in [0.717, 1.165) is 22.7 Å². The Morgan fingerprint density at radius 2 is 1.78 bits per heavy atom. The van der Waals surface area contributed by atoms with Crippen LogP contribution in [0.25, 0.3) is 0 Å². The Kier molecular flexibility index (Phi) is 4.47. The first kappa shape index (κ1) is 19.4. The van der Waals surface area contributed by atoms with E-state index in [2.05, 4.69) is 17.3 Å². The number of halogens is 1. The molecule has 32 heavy (non-hydrogen) atoms. The van der Waals surface area contributed by atoms with Crippen LogP contribution in [-0.2, 0) is 16.2 Å². The maximum Gasteiger partial charge on any atom is 0.254 e. The van der Waals surface area contributed by atoms with Gasteiger partial charge in [-0.25, -0.2) is 0 Å². The predicted octanol–water partition coefficient (Wildman–Crippen LogP) is 3.79. The van der Waals surface area contributed by atoms with Crippen molar-refractivity contribution in [1.29, 1.82) is 0 Å². The summed E-state index contributed by atoms with van der Waals surface area (Å²) in [5, 5.41) is 5.63. The zero-order chi connectivity index (χ0) is 21.8. The third kappa shape index (κ3) is 3.07. The van der Waals surface area contributed by atoms with Gasteiger partial charge < -0.3 is 14.2 Å². The van der Waals surface area contributed by atoms with Crippen molar-refractivity contribution < 1.29 is 23.8 Å². The lowest BCUT2D eigenvalue weighted by Crippen LogP contribution is -2.28. The molecular formula is C24H19ClN2O5. The smallest absolute Gasteiger partial charge is 0.254 e. The summed E-state index contributed by atoms with van der Waals surface area (Å²) in [6.07, 6.45) is 6.51. The van der Waals surface area contributed by atoms with Gasteiger partial charge in [-0.1, -0.05) is 29.8 Å². The molecule has 2 aliphatic heterocycles. The molecule has 2 bridgehead atoms. The lowest BCUT2D eigenvalue weighted by Gasteiger charge is -2.13. The van der Waals surface area contributed by atoms with Gasteiger partial charge in [0.1, 0.15) is 12.4 Å². The molecule has 7 nitrogen and oxygen atoms in total. The third-order valence-electron chi connectivity index (χ3n) is 6.56. The first-order chi connectivity index (χ1) is 15.6. The van der Waals surface area contributed by atoms with Crippen LogP contribution in [0.5, 0.6) is 17.2 Å². The molecule has 2 aromatic rings. The first-order valence-corrected chi connectivity index (χ1v) is 10.9. The van der Waals surface area contributed by atoms with E-state index in [0.29, 0.717) is 28.7 Å². The van der Waals surface area contributed by atoms with Crippen LogP contribution in [-0.4, -0.2) is 29.8 Å². The van der Waals surface area contributed by atoms with Crippen LogP contribution in [0.4, 0.5) is 0 Å². The molecule has 1 saturated heterocycles. The summed E-state index contributed by atoms with van der Waals surface area (Å²) in [6, 6.07) is 10.8. The molecule has 4 aliphatic rings. The molecule has 4 atom stereocenters. The lowest BCUT2D eigenvalue weighted by molar-refractivity contribution is -0.140. The molecule has 2 aromatic carbocycles. The van der Waals surface area contributed by atoms with Crippen molar-refractivity contribution in [1.82, 2.24) is 5.01 Å². The number of carbonyl (C=O) groups excluding carboxylic acids is 2. The number of hydrogen-bond acceptors (Lipinski definition) is 6. The van der Waals surface area contributed by atoms with Crippen molar-refractivity contribution in [3.63, 3.8) is 0 Å². The quantitative estimate of drug-likeness (QED) is 0.393. The Bertz CT molecular complexity index is 1160. The highest BCUT2D eigenvalue weighted by atomic mass is 35.5. The van der Waals surface area contributed by atoms with E-state index in [-0.39, 0.29) is 42.3 Å². The Hall–Kier alpha value is -3.32. The molecule has 2 aliphatic carbocycles. The molecule has 2 fully saturated rings. The number of rotatable bonds is 5.